The topological polar surface area (TPSA) is 80.9 Å². The van der Waals surface area contributed by atoms with Crippen LogP contribution in [0.15, 0.2) is 0 Å². The van der Waals surface area contributed by atoms with Gasteiger partial charge in [-0.15, -0.1) is 0 Å². The van der Waals surface area contributed by atoms with Gasteiger partial charge in [0.15, 0.2) is 0 Å². The maximum atomic E-state index is 9.82. The zero-order valence-electron chi connectivity index (χ0n) is 7.85. The Hall–Kier alpha value is -0.160. The molecule has 78 valence electrons. The minimum atomic E-state index is -1.01. The van der Waals surface area contributed by atoms with E-state index < -0.39 is 11.7 Å². The average Bonchev–Trinajstić information content (AvgIpc) is 2.22. The highest BCUT2D eigenvalue weighted by Crippen LogP contribution is 2.41. The summed E-state index contributed by atoms with van der Waals surface area (Å²) < 4.78 is 0. The molecule has 0 bridgehead atoms. The summed E-state index contributed by atoms with van der Waals surface area (Å²) in [7, 11) is 0. The molecule has 0 heterocycles. The third-order valence-electron chi connectivity index (χ3n) is 3.09. The first-order chi connectivity index (χ1) is 6.03. The van der Waals surface area contributed by atoms with Crippen molar-refractivity contribution in [3.63, 3.8) is 0 Å². The minimum Gasteiger partial charge on any atom is -0.396 e. The molecule has 4 heteroatoms. The predicted octanol–water partition coefficient (Wildman–Crippen LogP) is -0.891. The van der Waals surface area contributed by atoms with E-state index in [1.165, 1.54) is 0 Å². The molecule has 1 aliphatic carbocycles. The van der Waals surface area contributed by atoms with Crippen LogP contribution >= 0.6 is 0 Å². The van der Waals surface area contributed by atoms with Crippen LogP contribution in [-0.2, 0) is 0 Å². The van der Waals surface area contributed by atoms with Crippen LogP contribution in [-0.4, -0.2) is 45.3 Å². The van der Waals surface area contributed by atoms with Crippen LogP contribution in [0, 0.1) is 11.8 Å². The molecule has 0 amide bonds. The Morgan fingerprint density at radius 3 is 2.46 bits per heavy atom. The maximum Gasteiger partial charge on any atom is 0.0698 e. The van der Waals surface area contributed by atoms with Gasteiger partial charge in [0.2, 0.25) is 0 Å². The Kier molecular flexibility index (Phi) is 3.29. The monoisotopic (exact) mass is 190 g/mol. The lowest BCUT2D eigenvalue weighted by molar-refractivity contribution is -0.0170. The fourth-order valence-corrected chi connectivity index (χ4v) is 2.33. The molecule has 1 aliphatic rings. The lowest BCUT2D eigenvalue weighted by Crippen LogP contribution is -2.34. The van der Waals surface area contributed by atoms with Crippen molar-refractivity contribution in [2.24, 2.45) is 11.8 Å². The summed E-state index contributed by atoms with van der Waals surface area (Å²) in [5, 5.41) is 37.2. The first kappa shape index (κ1) is 10.9. The molecule has 4 atom stereocenters. The normalized spacial score (nSPS) is 45.5. The second-order valence-corrected chi connectivity index (χ2v) is 4.09. The Bertz CT molecular complexity index is 169. The molecule has 0 radical (unpaired) electrons. The summed E-state index contributed by atoms with van der Waals surface area (Å²) in [5.41, 5.74) is -1.01. The Labute approximate surface area is 77.8 Å². The summed E-state index contributed by atoms with van der Waals surface area (Å²) in [6, 6.07) is 0. The summed E-state index contributed by atoms with van der Waals surface area (Å²) in [6.45, 7) is 1.46. The SMILES string of the molecule is CC1(O)CC(O)C(CCO)C1CO. The second-order valence-electron chi connectivity index (χ2n) is 4.09. The lowest BCUT2D eigenvalue weighted by atomic mass is 9.86. The summed E-state index contributed by atoms with van der Waals surface area (Å²) in [6.07, 6.45) is 0.102. The van der Waals surface area contributed by atoms with Crippen molar-refractivity contribution in [1.29, 1.82) is 0 Å². The summed E-state index contributed by atoms with van der Waals surface area (Å²) >= 11 is 0. The van der Waals surface area contributed by atoms with Gasteiger partial charge in [0.25, 0.3) is 0 Å². The van der Waals surface area contributed by atoms with Crippen molar-refractivity contribution < 1.29 is 20.4 Å². The molecule has 1 fully saturated rings. The van der Waals surface area contributed by atoms with Crippen LogP contribution in [0.2, 0.25) is 0 Å². The number of aliphatic hydroxyl groups is 4. The van der Waals surface area contributed by atoms with Crippen LogP contribution in [0.3, 0.4) is 0 Å². The van der Waals surface area contributed by atoms with Crippen molar-refractivity contribution in [2.45, 2.75) is 31.5 Å². The molecule has 0 spiro atoms. The van der Waals surface area contributed by atoms with Crippen LogP contribution in [0.25, 0.3) is 0 Å². The van der Waals surface area contributed by atoms with E-state index in [0.29, 0.717) is 6.42 Å². The van der Waals surface area contributed by atoms with Gasteiger partial charge in [-0.25, -0.2) is 0 Å². The quantitative estimate of drug-likeness (QED) is 0.465. The number of hydrogen-bond donors (Lipinski definition) is 4. The zero-order valence-corrected chi connectivity index (χ0v) is 7.85. The highest BCUT2D eigenvalue weighted by Gasteiger charge is 2.48. The third-order valence-corrected chi connectivity index (χ3v) is 3.09. The van der Waals surface area contributed by atoms with Crippen LogP contribution in [0.5, 0.6) is 0 Å². The van der Waals surface area contributed by atoms with E-state index in [1.807, 2.05) is 0 Å². The number of hydrogen-bond acceptors (Lipinski definition) is 4. The molecule has 4 N–H and O–H groups in total. The van der Waals surface area contributed by atoms with E-state index in [-0.39, 0.29) is 31.5 Å². The number of aliphatic hydroxyl groups excluding tert-OH is 3. The standard InChI is InChI=1S/C9H18O4/c1-9(13)4-8(12)6(2-3-10)7(9)5-11/h6-8,10-13H,2-5H2,1H3. The van der Waals surface area contributed by atoms with E-state index in [4.69, 9.17) is 10.2 Å². The highest BCUT2D eigenvalue weighted by atomic mass is 16.3. The van der Waals surface area contributed by atoms with Gasteiger partial charge in [0.1, 0.15) is 0 Å². The molecule has 4 unspecified atom stereocenters. The molecular weight excluding hydrogens is 172 g/mol. The Balaban J connectivity index is 2.71. The zero-order chi connectivity index (χ0) is 10.1. The van der Waals surface area contributed by atoms with Gasteiger partial charge in [0.05, 0.1) is 11.7 Å². The first-order valence-electron chi connectivity index (χ1n) is 4.65. The van der Waals surface area contributed by atoms with E-state index in [2.05, 4.69) is 0 Å². The Morgan fingerprint density at radius 2 is 2.00 bits per heavy atom. The summed E-state index contributed by atoms with van der Waals surface area (Å²) in [5.74, 6) is -0.514. The van der Waals surface area contributed by atoms with Crippen molar-refractivity contribution >= 4 is 0 Å². The maximum absolute atomic E-state index is 9.82. The molecule has 1 saturated carbocycles. The van der Waals surface area contributed by atoms with Gasteiger partial charge in [-0.1, -0.05) is 0 Å². The van der Waals surface area contributed by atoms with Crippen LogP contribution < -0.4 is 0 Å². The third kappa shape index (κ3) is 2.02. The second kappa shape index (κ2) is 3.92. The molecule has 4 nitrogen and oxygen atoms in total. The largest absolute Gasteiger partial charge is 0.396 e. The van der Waals surface area contributed by atoms with Crippen LogP contribution in [0.4, 0.5) is 0 Å². The van der Waals surface area contributed by atoms with Gasteiger partial charge in [-0.2, -0.15) is 0 Å². The van der Waals surface area contributed by atoms with Crippen LogP contribution in [0.1, 0.15) is 19.8 Å². The lowest BCUT2D eigenvalue weighted by Gasteiger charge is -2.26. The predicted molar refractivity (Wildman–Crippen MR) is 47.0 cm³/mol. The smallest absolute Gasteiger partial charge is 0.0698 e. The summed E-state index contributed by atoms with van der Waals surface area (Å²) in [4.78, 5) is 0. The fourth-order valence-electron chi connectivity index (χ4n) is 2.33. The number of rotatable bonds is 3. The van der Waals surface area contributed by atoms with E-state index in [0.717, 1.165) is 0 Å². The van der Waals surface area contributed by atoms with Crippen molar-refractivity contribution in [1.82, 2.24) is 0 Å². The van der Waals surface area contributed by atoms with Crippen molar-refractivity contribution in [3.05, 3.63) is 0 Å². The Morgan fingerprint density at radius 1 is 1.38 bits per heavy atom. The van der Waals surface area contributed by atoms with Gasteiger partial charge in [0, 0.05) is 25.6 Å². The molecule has 13 heavy (non-hydrogen) atoms. The highest BCUT2D eigenvalue weighted by molar-refractivity contribution is 4.98. The average molecular weight is 190 g/mol. The van der Waals surface area contributed by atoms with Crippen molar-refractivity contribution in [3.8, 4) is 0 Å². The molecule has 0 saturated heterocycles. The minimum absolute atomic E-state index is 0.0195. The van der Waals surface area contributed by atoms with Crippen molar-refractivity contribution in [2.75, 3.05) is 13.2 Å². The molecule has 0 aromatic rings. The molecule has 0 aromatic carbocycles. The molecular formula is C9H18O4. The van der Waals surface area contributed by atoms with Gasteiger partial charge in [-0.3, -0.25) is 0 Å². The van der Waals surface area contributed by atoms with Gasteiger partial charge in [-0.05, 0) is 19.3 Å². The van der Waals surface area contributed by atoms with E-state index in [1.54, 1.807) is 6.92 Å². The molecule has 0 aromatic heterocycles. The molecule has 0 aliphatic heterocycles. The van der Waals surface area contributed by atoms with E-state index in [9.17, 15) is 10.2 Å². The first-order valence-corrected chi connectivity index (χ1v) is 4.65. The van der Waals surface area contributed by atoms with Gasteiger partial charge < -0.3 is 20.4 Å². The molecule has 1 rings (SSSR count). The van der Waals surface area contributed by atoms with E-state index >= 15 is 0 Å². The fraction of sp³-hybridized carbons (Fsp3) is 1.00. The van der Waals surface area contributed by atoms with Gasteiger partial charge >= 0.3 is 0 Å².